The number of ether oxygens (including phenoxy) is 3. The van der Waals surface area contributed by atoms with E-state index in [9.17, 15) is 4.79 Å². The van der Waals surface area contributed by atoms with Crippen LogP contribution in [0.25, 0.3) is 6.08 Å². The molecule has 34 heavy (non-hydrogen) atoms. The molecule has 5 nitrogen and oxygen atoms in total. The minimum absolute atomic E-state index is 0.142. The second-order valence-corrected chi connectivity index (χ2v) is 9.20. The Morgan fingerprint density at radius 1 is 1.12 bits per heavy atom. The summed E-state index contributed by atoms with van der Waals surface area (Å²) < 4.78 is 17.5. The fraction of sp³-hybridized carbons (Fsp3) is 0.222. The van der Waals surface area contributed by atoms with Gasteiger partial charge in [-0.05, 0) is 49.2 Å². The van der Waals surface area contributed by atoms with E-state index < -0.39 is 0 Å². The second-order valence-electron chi connectivity index (χ2n) is 8.36. The van der Waals surface area contributed by atoms with Crippen molar-refractivity contribution in [2.45, 2.75) is 19.9 Å². The predicted molar refractivity (Wildman–Crippen MR) is 133 cm³/mol. The number of Topliss-reactive ketones (excluding diaryl/α,β-unsaturated/α-hetero) is 1. The van der Waals surface area contributed by atoms with Gasteiger partial charge >= 0.3 is 0 Å². The smallest absolute Gasteiger partial charge is 0.231 e. The summed E-state index contributed by atoms with van der Waals surface area (Å²) in [7, 11) is 1.60. The van der Waals surface area contributed by atoms with Crippen molar-refractivity contribution in [1.82, 2.24) is 4.90 Å². The number of halogens is 2. The predicted octanol–water partition coefficient (Wildman–Crippen LogP) is 6.32. The van der Waals surface area contributed by atoms with Crippen molar-refractivity contribution in [2.75, 3.05) is 20.4 Å². The summed E-state index contributed by atoms with van der Waals surface area (Å²) in [5.41, 5.74) is 4.19. The van der Waals surface area contributed by atoms with Crippen molar-refractivity contribution in [3.8, 4) is 17.2 Å². The number of nitrogens with zero attached hydrogens (tertiary/aromatic N) is 1. The number of ketones is 1. The first kappa shape index (κ1) is 22.8. The van der Waals surface area contributed by atoms with E-state index in [1.165, 1.54) is 0 Å². The quantitative estimate of drug-likeness (QED) is 0.387. The van der Waals surface area contributed by atoms with Gasteiger partial charge in [-0.15, -0.1) is 0 Å². The van der Waals surface area contributed by atoms with Gasteiger partial charge in [-0.2, -0.15) is 0 Å². The lowest BCUT2D eigenvalue weighted by Crippen LogP contribution is -2.34. The molecule has 0 aliphatic carbocycles. The third kappa shape index (κ3) is 4.27. The molecule has 7 heteroatoms. The minimum Gasteiger partial charge on any atom is -0.496 e. The van der Waals surface area contributed by atoms with Gasteiger partial charge in [0.2, 0.25) is 5.78 Å². The van der Waals surface area contributed by atoms with Crippen LogP contribution < -0.4 is 14.2 Å². The molecular weight excluding hydrogens is 473 g/mol. The molecule has 0 atom stereocenters. The molecule has 2 aliphatic rings. The molecule has 0 saturated carbocycles. The van der Waals surface area contributed by atoms with Crippen LogP contribution in [-0.4, -0.2) is 31.1 Å². The molecule has 3 aromatic rings. The maximum atomic E-state index is 13.2. The van der Waals surface area contributed by atoms with Crippen LogP contribution in [0, 0.1) is 6.92 Å². The molecule has 0 aromatic heterocycles. The van der Waals surface area contributed by atoms with Gasteiger partial charge in [0.15, 0.2) is 5.76 Å². The van der Waals surface area contributed by atoms with Crippen LogP contribution >= 0.6 is 23.2 Å². The summed E-state index contributed by atoms with van der Waals surface area (Å²) in [6.07, 6.45) is 2.50. The largest absolute Gasteiger partial charge is 0.496 e. The van der Waals surface area contributed by atoms with Gasteiger partial charge in [0.1, 0.15) is 24.0 Å². The summed E-state index contributed by atoms with van der Waals surface area (Å²) in [6.45, 7) is 3.82. The Bertz CT molecular complexity index is 1320. The third-order valence-electron chi connectivity index (χ3n) is 6.14. The van der Waals surface area contributed by atoms with E-state index in [1.54, 1.807) is 19.3 Å². The van der Waals surface area contributed by atoms with Gasteiger partial charge in [-0.1, -0.05) is 47.5 Å². The van der Waals surface area contributed by atoms with Gasteiger partial charge < -0.3 is 14.2 Å². The molecule has 0 saturated heterocycles. The Balaban J connectivity index is 1.37. The number of benzene rings is 3. The Kier molecular flexibility index (Phi) is 6.26. The summed E-state index contributed by atoms with van der Waals surface area (Å²) in [5.74, 6) is 2.16. The van der Waals surface area contributed by atoms with Crippen molar-refractivity contribution >= 4 is 35.1 Å². The molecule has 0 fully saturated rings. The molecule has 5 rings (SSSR count). The average Bonchev–Trinajstić information content (AvgIpc) is 3.14. The number of allylic oxidation sites excluding steroid dienone is 1. The Morgan fingerprint density at radius 2 is 1.94 bits per heavy atom. The molecule has 0 spiro atoms. The van der Waals surface area contributed by atoms with Gasteiger partial charge in [-0.25, -0.2) is 0 Å². The number of carbonyl (C=O) groups excluding carboxylic acids is 1. The van der Waals surface area contributed by atoms with Crippen LogP contribution in [0.3, 0.4) is 0 Å². The zero-order valence-electron chi connectivity index (χ0n) is 18.9. The van der Waals surface area contributed by atoms with Crippen molar-refractivity contribution in [1.29, 1.82) is 0 Å². The highest BCUT2D eigenvalue weighted by Crippen LogP contribution is 2.43. The number of methoxy groups -OCH3 is 1. The van der Waals surface area contributed by atoms with Gasteiger partial charge in [0.05, 0.1) is 12.7 Å². The maximum absolute atomic E-state index is 13.2. The molecule has 0 N–H and O–H groups in total. The lowest BCUT2D eigenvalue weighted by atomic mass is 9.99. The van der Waals surface area contributed by atoms with Gasteiger partial charge in [-0.3, -0.25) is 9.69 Å². The Labute approximate surface area is 208 Å². The first-order valence-corrected chi connectivity index (χ1v) is 11.7. The summed E-state index contributed by atoms with van der Waals surface area (Å²) >= 11 is 12.3. The van der Waals surface area contributed by atoms with E-state index in [1.807, 2.05) is 49.4 Å². The fourth-order valence-electron chi connectivity index (χ4n) is 4.37. The number of para-hydroxylation sites is 1. The van der Waals surface area contributed by atoms with Crippen LogP contribution in [0.4, 0.5) is 0 Å². The maximum Gasteiger partial charge on any atom is 0.231 e. The molecule has 0 radical (unpaired) electrons. The Morgan fingerprint density at radius 3 is 2.74 bits per heavy atom. The first-order chi connectivity index (χ1) is 16.4. The summed E-state index contributed by atoms with van der Waals surface area (Å²) in [5, 5.41) is 1.29. The topological polar surface area (TPSA) is 48.0 Å². The molecule has 0 bridgehead atoms. The number of fused-ring (bicyclic) bond motifs is 2. The summed E-state index contributed by atoms with van der Waals surface area (Å²) in [6, 6.07) is 15.0. The Hall–Kier alpha value is -2.99. The monoisotopic (exact) mass is 495 g/mol. The number of hydrogen-bond acceptors (Lipinski definition) is 5. The highest BCUT2D eigenvalue weighted by Gasteiger charge is 2.33. The molecule has 0 unspecified atom stereocenters. The SMILES string of the molecule is COc1ccccc1/C=C1\Oc2c(cc3c(c2C)OCN(CCc2ccc(Cl)cc2Cl)C3)C1=O. The standard InChI is InChI=1S/C27H23Cl2NO4/c1-16-26-19(14-30(15-33-26)10-9-17-7-8-20(28)13-22(17)29)11-21-25(31)24(34-27(16)21)12-18-5-3-4-6-23(18)32-2/h3-8,11-13H,9-10,14-15H2,1-2H3/b24-12-. The highest BCUT2D eigenvalue weighted by atomic mass is 35.5. The van der Waals surface area contributed by atoms with Gasteiger partial charge in [0, 0.05) is 39.8 Å². The number of carbonyl (C=O) groups is 1. The van der Waals surface area contributed by atoms with E-state index in [2.05, 4.69) is 4.90 Å². The number of rotatable bonds is 5. The van der Waals surface area contributed by atoms with E-state index in [0.29, 0.717) is 40.4 Å². The van der Waals surface area contributed by atoms with E-state index in [0.717, 1.165) is 41.0 Å². The van der Waals surface area contributed by atoms with Gasteiger partial charge in [0.25, 0.3) is 0 Å². The molecule has 3 aromatic carbocycles. The summed E-state index contributed by atoms with van der Waals surface area (Å²) in [4.78, 5) is 15.4. The van der Waals surface area contributed by atoms with Crippen LogP contribution in [0.15, 0.2) is 54.3 Å². The average molecular weight is 496 g/mol. The lowest BCUT2D eigenvalue weighted by Gasteiger charge is -2.30. The van der Waals surface area contributed by atoms with Crippen LogP contribution in [0.1, 0.15) is 32.6 Å². The minimum atomic E-state index is -0.142. The molecule has 0 amide bonds. The first-order valence-electron chi connectivity index (χ1n) is 11.0. The van der Waals surface area contributed by atoms with Crippen molar-refractivity contribution in [3.63, 3.8) is 0 Å². The number of hydrogen-bond donors (Lipinski definition) is 0. The molecule has 2 heterocycles. The van der Waals surface area contributed by atoms with E-state index in [4.69, 9.17) is 37.4 Å². The third-order valence-corrected chi connectivity index (χ3v) is 6.73. The second kappa shape index (κ2) is 9.34. The van der Waals surface area contributed by atoms with E-state index in [-0.39, 0.29) is 11.5 Å². The van der Waals surface area contributed by atoms with Crippen molar-refractivity contribution < 1.29 is 19.0 Å². The van der Waals surface area contributed by atoms with Crippen LogP contribution in [-0.2, 0) is 13.0 Å². The van der Waals surface area contributed by atoms with Crippen LogP contribution in [0.5, 0.6) is 17.2 Å². The highest BCUT2D eigenvalue weighted by molar-refractivity contribution is 6.35. The zero-order chi connectivity index (χ0) is 23.8. The lowest BCUT2D eigenvalue weighted by molar-refractivity contribution is 0.0954. The molecular formula is C27H23Cl2NO4. The normalized spacial score (nSPS) is 16.1. The van der Waals surface area contributed by atoms with Crippen molar-refractivity contribution in [2.24, 2.45) is 0 Å². The zero-order valence-corrected chi connectivity index (χ0v) is 20.4. The molecule has 2 aliphatic heterocycles. The van der Waals surface area contributed by atoms with E-state index >= 15 is 0 Å². The van der Waals surface area contributed by atoms with Crippen molar-refractivity contribution in [3.05, 3.63) is 92.2 Å². The fourth-order valence-corrected chi connectivity index (χ4v) is 4.87. The van der Waals surface area contributed by atoms with Crippen LogP contribution in [0.2, 0.25) is 10.0 Å². The molecule has 174 valence electrons.